The molecule has 86 valence electrons. The molecule has 1 rings (SSSR count). The van der Waals surface area contributed by atoms with Gasteiger partial charge < -0.3 is 20.4 Å². The Hall–Kier alpha value is 0.786. The Bertz CT molecular complexity index is 225. The summed E-state index contributed by atoms with van der Waals surface area (Å²) < 4.78 is 5.36. The fourth-order valence-corrected chi connectivity index (χ4v) is 1.51. The molecule has 16 heavy (non-hydrogen) atoms. The summed E-state index contributed by atoms with van der Waals surface area (Å²) in [5.74, 6) is 5.06. The van der Waals surface area contributed by atoms with Gasteiger partial charge >= 0.3 is 51.4 Å². The Morgan fingerprint density at radius 3 is 2.25 bits per heavy atom. The number of carbonyl (C=O) groups excluding carboxylic acids is 1. The second-order valence-corrected chi connectivity index (χ2v) is 3.31. The largest absolute Gasteiger partial charge is 1.00 e. The summed E-state index contributed by atoms with van der Waals surface area (Å²) in [5, 5.41) is 0. The Morgan fingerprint density at radius 2 is 1.81 bits per heavy atom. The third-order valence-corrected chi connectivity index (χ3v) is 2.25. The quantitative estimate of drug-likeness (QED) is 0.313. The minimum absolute atomic E-state index is 0. The zero-order chi connectivity index (χ0) is 11.7. The number of ether oxygens (including phenoxy) is 1. The topological polar surface area (TPSA) is 29.5 Å². The standard InChI is InChI=1S/C10H14NO2.C2H6.K/c1-9-7-13-8-10(2)11(9)5-3-4-6-12;1-2;/h9-10H,5,7-8H2,1-2H3;1-2H3;/q-1;;+1. The monoisotopic (exact) mass is 249 g/mol. The molecule has 1 aliphatic heterocycles. The van der Waals surface area contributed by atoms with Crippen molar-refractivity contribution in [3.8, 4) is 11.8 Å². The maximum atomic E-state index is 9.87. The Morgan fingerprint density at radius 1 is 1.31 bits per heavy atom. The molecule has 0 spiro atoms. The SMILES string of the molecule is CC.CC1COCC(C)N1CC#C[C-]=O.[K+]. The zero-order valence-electron chi connectivity index (χ0n) is 11.0. The van der Waals surface area contributed by atoms with Crippen molar-refractivity contribution in [3.05, 3.63) is 0 Å². The summed E-state index contributed by atoms with van der Waals surface area (Å²) >= 11 is 0. The van der Waals surface area contributed by atoms with E-state index in [4.69, 9.17) is 4.74 Å². The maximum absolute atomic E-state index is 9.87. The van der Waals surface area contributed by atoms with Crippen molar-refractivity contribution in [2.45, 2.75) is 39.8 Å². The van der Waals surface area contributed by atoms with Crippen molar-refractivity contribution < 1.29 is 60.9 Å². The normalized spacial score (nSPS) is 24.0. The molecular formula is C12H20KNO2. The van der Waals surface area contributed by atoms with Crippen LogP contribution in [0.4, 0.5) is 0 Å². The zero-order valence-corrected chi connectivity index (χ0v) is 14.2. The number of rotatable bonds is 1. The molecule has 2 unspecified atom stereocenters. The smallest absolute Gasteiger partial charge is 0.409 e. The van der Waals surface area contributed by atoms with E-state index in [2.05, 4.69) is 30.6 Å². The molecule has 3 nitrogen and oxygen atoms in total. The van der Waals surface area contributed by atoms with Crippen molar-refractivity contribution in [1.29, 1.82) is 0 Å². The predicted molar refractivity (Wildman–Crippen MR) is 61.3 cm³/mol. The molecule has 1 aliphatic rings. The van der Waals surface area contributed by atoms with Gasteiger partial charge in [-0.25, -0.2) is 0 Å². The van der Waals surface area contributed by atoms with Crippen molar-refractivity contribution in [2.24, 2.45) is 0 Å². The second-order valence-electron chi connectivity index (χ2n) is 3.31. The van der Waals surface area contributed by atoms with Crippen molar-refractivity contribution in [2.75, 3.05) is 19.8 Å². The van der Waals surface area contributed by atoms with Gasteiger partial charge in [0.05, 0.1) is 13.2 Å². The van der Waals surface area contributed by atoms with Gasteiger partial charge in [-0.1, -0.05) is 13.8 Å². The molecule has 0 bridgehead atoms. The van der Waals surface area contributed by atoms with Gasteiger partial charge in [0.25, 0.3) is 0 Å². The molecular weight excluding hydrogens is 229 g/mol. The summed E-state index contributed by atoms with van der Waals surface area (Å²) in [7, 11) is 0. The number of hydrogen-bond donors (Lipinski definition) is 0. The van der Waals surface area contributed by atoms with Crippen molar-refractivity contribution in [3.63, 3.8) is 0 Å². The van der Waals surface area contributed by atoms with Gasteiger partial charge in [-0.3, -0.25) is 5.92 Å². The minimum Gasteiger partial charge on any atom is -0.409 e. The number of hydrogen-bond acceptors (Lipinski definition) is 3. The molecule has 4 heteroatoms. The first-order chi connectivity index (χ1) is 7.25. The van der Waals surface area contributed by atoms with Crippen LogP contribution < -0.4 is 51.4 Å². The van der Waals surface area contributed by atoms with E-state index < -0.39 is 0 Å². The van der Waals surface area contributed by atoms with E-state index in [0.717, 1.165) is 13.2 Å². The number of nitrogens with zero attached hydrogens (tertiary/aromatic N) is 1. The molecule has 0 aromatic rings. The van der Waals surface area contributed by atoms with Crippen molar-refractivity contribution >= 4 is 6.29 Å². The Labute approximate surface area is 142 Å². The summed E-state index contributed by atoms with van der Waals surface area (Å²) in [6.45, 7) is 10.3. The fourth-order valence-electron chi connectivity index (χ4n) is 1.51. The van der Waals surface area contributed by atoms with Gasteiger partial charge in [-0.2, -0.15) is 0 Å². The minimum atomic E-state index is 0. The third-order valence-electron chi connectivity index (χ3n) is 2.25. The second kappa shape index (κ2) is 12.2. The molecule has 0 radical (unpaired) electrons. The summed E-state index contributed by atoms with van der Waals surface area (Å²) in [4.78, 5) is 12.1. The van der Waals surface area contributed by atoms with Crippen LogP contribution in [-0.2, 0) is 9.53 Å². The third kappa shape index (κ3) is 7.18. The van der Waals surface area contributed by atoms with Crippen LogP contribution in [0.5, 0.6) is 0 Å². The molecule has 0 N–H and O–H groups in total. The average molecular weight is 249 g/mol. The summed E-state index contributed by atoms with van der Waals surface area (Å²) in [6.07, 6.45) is 1.57. The summed E-state index contributed by atoms with van der Waals surface area (Å²) in [5.41, 5.74) is 0. The van der Waals surface area contributed by atoms with E-state index in [1.807, 2.05) is 13.8 Å². The van der Waals surface area contributed by atoms with E-state index in [9.17, 15) is 4.79 Å². The first kappa shape index (κ1) is 19.1. The number of morpholine rings is 1. The molecule has 1 saturated heterocycles. The fraction of sp³-hybridized carbons (Fsp3) is 0.750. The van der Waals surface area contributed by atoms with Gasteiger partial charge in [-0.05, 0) is 20.4 Å². The van der Waals surface area contributed by atoms with Gasteiger partial charge in [0.15, 0.2) is 0 Å². The predicted octanol–water partition coefficient (Wildman–Crippen LogP) is -1.76. The van der Waals surface area contributed by atoms with Gasteiger partial charge in [0.1, 0.15) is 0 Å². The Kier molecular flexibility index (Phi) is 14.6. The van der Waals surface area contributed by atoms with E-state index in [1.54, 1.807) is 6.29 Å². The first-order valence-corrected chi connectivity index (χ1v) is 5.44. The van der Waals surface area contributed by atoms with Crippen LogP contribution in [0.15, 0.2) is 0 Å². The van der Waals surface area contributed by atoms with E-state index in [-0.39, 0.29) is 51.4 Å². The van der Waals surface area contributed by atoms with Gasteiger partial charge in [0, 0.05) is 18.4 Å². The molecule has 0 aromatic heterocycles. The van der Waals surface area contributed by atoms with Crippen LogP contribution in [0.25, 0.3) is 0 Å². The van der Waals surface area contributed by atoms with Crippen LogP contribution >= 0.6 is 0 Å². The molecule has 0 aromatic carbocycles. The molecule has 0 saturated carbocycles. The molecule has 1 fully saturated rings. The van der Waals surface area contributed by atoms with Crippen LogP contribution in [0, 0.1) is 11.8 Å². The van der Waals surface area contributed by atoms with E-state index >= 15 is 0 Å². The van der Waals surface area contributed by atoms with E-state index in [1.165, 1.54) is 0 Å². The molecule has 1 heterocycles. The van der Waals surface area contributed by atoms with Crippen molar-refractivity contribution in [1.82, 2.24) is 4.90 Å². The molecule has 0 amide bonds. The van der Waals surface area contributed by atoms with Crippen LogP contribution in [0.3, 0.4) is 0 Å². The maximum Gasteiger partial charge on any atom is 1.00 e. The van der Waals surface area contributed by atoms with Crippen LogP contribution in [0.2, 0.25) is 0 Å². The van der Waals surface area contributed by atoms with Crippen LogP contribution in [0.1, 0.15) is 27.7 Å². The summed E-state index contributed by atoms with van der Waals surface area (Å²) in [6, 6.07) is 0.759. The average Bonchev–Trinajstić information content (AvgIpc) is 2.25. The van der Waals surface area contributed by atoms with Gasteiger partial charge in [0.2, 0.25) is 0 Å². The molecule has 0 aliphatic carbocycles. The molecule has 2 atom stereocenters. The Balaban J connectivity index is 0. The first-order valence-electron chi connectivity index (χ1n) is 5.44. The van der Waals surface area contributed by atoms with Gasteiger partial charge in [-0.15, -0.1) is 0 Å². The van der Waals surface area contributed by atoms with Crippen LogP contribution in [-0.4, -0.2) is 43.0 Å². The van der Waals surface area contributed by atoms with E-state index in [0.29, 0.717) is 18.6 Å².